The van der Waals surface area contributed by atoms with Gasteiger partial charge in [-0.25, -0.2) is 4.79 Å². The van der Waals surface area contributed by atoms with Crippen LogP contribution in [0.3, 0.4) is 0 Å². The van der Waals surface area contributed by atoms with Crippen molar-refractivity contribution in [1.29, 1.82) is 0 Å². The second-order valence-corrected chi connectivity index (χ2v) is 4.48. The number of hydrogen-bond donors (Lipinski definition) is 1. The fraction of sp³-hybridized carbons (Fsp3) is 0. The van der Waals surface area contributed by atoms with Gasteiger partial charge in [0.2, 0.25) is 0 Å². The van der Waals surface area contributed by atoms with Gasteiger partial charge in [-0.15, -0.1) is 0 Å². The number of halogens is 2. The first kappa shape index (κ1) is 13.7. The largest absolute Gasteiger partial charge is 0.444 e. The van der Waals surface area contributed by atoms with Crippen LogP contribution in [0.4, 0.5) is 10.5 Å². The molecule has 2 rings (SSSR count). The maximum atomic E-state index is 11.7. The first-order valence-electron chi connectivity index (χ1n) is 5.28. The molecule has 0 radical (unpaired) electrons. The van der Waals surface area contributed by atoms with Gasteiger partial charge in [-0.1, -0.05) is 23.2 Å². The van der Waals surface area contributed by atoms with Gasteiger partial charge in [-0.2, -0.15) is 5.06 Å². The van der Waals surface area contributed by atoms with Crippen LogP contribution in [-0.4, -0.2) is 11.3 Å². The minimum Gasteiger partial charge on any atom is -0.408 e. The molecule has 0 bridgehead atoms. The molecule has 19 heavy (non-hydrogen) atoms. The van der Waals surface area contributed by atoms with E-state index in [2.05, 4.69) is 0 Å². The van der Waals surface area contributed by atoms with Gasteiger partial charge in [0.05, 0.1) is 5.69 Å². The topological polar surface area (TPSA) is 49.8 Å². The van der Waals surface area contributed by atoms with Crippen molar-refractivity contribution in [2.24, 2.45) is 0 Å². The van der Waals surface area contributed by atoms with E-state index >= 15 is 0 Å². The van der Waals surface area contributed by atoms with Crippen LogP contribution in [0.15, 0.2) is 48.5 Å². The third-order valence-corrected chi connectivity index (χ3v) is 2.77. The third kappa shape index (κ3) is 3.61. The molecule has 0 saturated carbocycles. The molecule has 0 atom stereocenters. The maximum Gasteiger partial charge on any atom is 0.444 e. The van der Waals surface area contributed by atoms with Crippen LogP contribution >= 0.6 is 23.2 Å². The molecule has 98 valence electrons. The molecule has 0 unspecified atom stereocenters. The fourth-order valence-electron chi connectivity index (χ4n) is 1.33. The first-order valence-corrected chi connectivity index (χ1v) is 6.04. The summed E-state index contributed by atoms with van der Waals surface area (Å²) in [4.78, 5) is 11.7. The number of hydrogen-bond acceptors (Lipinski definition) is 3. The molecule has 1 N–H and O–H groups in total. The number of amides is 1. The molecule has 0 fully saturated rings. The predicted octanol–water partition coefficient (Wildman–Crippen LogP) is 4.39. The van der Waals surface area contributed by atoms with Gasteiger partial charge in [-0.3, -0.25) is 5.21 Å². The Kier molecular flexibility index (Phi) is 4.27. The number of anilines is 1. The van der Waals surface area contributed by atoms with Crippen molar-refractivity contribution in [3.8, 4) is 5.75 Å². The van der Waals surface area contributed by atoms with E-state index in [4.69, 9.17) is 27.9 Å². The van der Waals surface area contributed by atoms with Crippen LogP contribution < -0.4 is 9.80 Å². The Morgan fingerprint density at radius 2 is 1.42 bits per heavy atom. The van der Waals surface area contributed by atoms with Gasteiger partial charge in [-0.05, 0) is 48.5 Å². The summed E-state index contributed by atoms with van der Waals surface area (Å²) in [5.41, 5.74) is 0.253. The minimum absolute atomic E-state index is 0.253. The van der Waals surface area contributed by atoms with Gasteiger partial charge in [0.15, 0.2) is 0 Å². The highest BCUT2D eigenvalue weighted by atomic mass is 35.5. The van der Waals surface area contributed by atoms with E-state index in [1.54, 1.807) is 24.3 Å². The fourth-order valence-corrected chi connectivity index (χ4v) is 1.59. The van der Waals surface area contributed by atoms with E-state index in [-0.39, 0.29) is 11.4 Å². The summed E-state index contributed by atoms with van der Waals surface area (Å²) >= 11 is 11.4. The molecule has 0 aromatic heterocycles. The van der Waals surface area contributed by atoms with Gasteiger partial charge in [0.1, 0.15) is 5.75 Å². The lowest BCUT2D eigenvalue weighted by atomic mass is 10.3. The molecular formula is C13H9Cl2NO3. The Labute approximate surface area is 119 Å². The van der Waals surface area contributed by atoms with Crippen molar-refractivity contribution in [3.63, 3.8) is 0 Å². The third-order valence-electron chi connectivity index (χ3n) is 2.26. The summed E-state index contributed by atoms with van der Waals surface area (Å²) in [7, 11) is 0. The van der Waals surface area contributed by atoms with Crippen LogP contribution in [-0.2, 0) is 0 Å². The lowest BCUT2D eigenvalue weighted by Crippen LogP contribution is -2.30. The van der Waals surface area contributed by atoms with Crippen molar-refractivity contribution in [1.82, 2.24) is 0 Å². The number of benzene rings is 2. The van der Waals surface area contributed by atoms with Crippen LogP contribution in [0.1, 0.15) is 0 Å². The lowest BCUT2D eigenvalue weighted by Gasteiger charge is -2.14. The lowest BCUT2D eigenvalue weighted by molar-refractivity contribution is 0.166. The maximum absolute atomic E-state index is 11.7. The van der Waals surface area contributed by atoms with Crippen molar-refractivity contribution in [3.05, 3.63) is 58.6 Å². The van der Waals surface area contributed by atoms with E-state index in [1.165, 1.54) is 24.3 Å². The number of ether oxygens (including phenoxy) is 1. The highest BCUT2D eigenvalue weighted by Crippen LogP contribution is 2.20. The Balaban J connectivity index is 2.07. The van der Waals surface area contributed by atoms with Crippen LogP contribution in [0.2, 0.25) is 10.0 Å². The zero-order valence-electron chi connectivity index (χ0n) is 9.59. The molecular weight excluding hydrogens is 289 g/mol. The number of nitrogens with zero attached hydrogens (tertiary/aromatic N) is 1. The normalized spacial score (nSPS) is 10.1. The molecule has 2 aromatic carbocycles. The summed E-state index contributed by atoms with van der Waals surface area (Å²) in [5, 5.41) is 11.1. The van der Waals surface area contributed by atoms with Gasteiger partial charge in [0, 0.05) is 10.0 Å². The highest BCUT2D eigenvalue weighted by Gasteiger charge is 2.15. The molecule has 0 aliphatic heterocycles. The molecule has 4 nitrogen and oxygen atoms in total. The average molecular weight is 298 g/mol. The van der Waals surface area contributed by atoms with Crippen molar-refractivity contribution < 1.29 is 14.7 Å². The van der Waals surface area contributed by atoms with Gasteiger partial charge < -0.3 is 4.74 Å². The Hall–Kier alpha value is -1.75. The molecule has 6 heteroatoms. The van der Waals surface area contributed by atoms with Crippen LogP contribution in [0.25, 0.3) is 0 Å². The summed E-state index contributed by atoms with van der Waals surface area (Å²) in [6.07, 6.45) is -0.926. The molecule has 0 aliphatic carbocycles. The molecule has 1 amide bonds. The summed E-state index contributed by atoms with van der Waals surface area (Å²) in [6, 6.07) is 12.3. The molecule has 0 aliphatic rings. The Morgan fingerprint density at radius 1 is 0.947 bits per heavy atom. The smallest absolute Gasteiger partial charge is 0.408 e. The predicted molar refractivity (Wildman–Crippen MR) is 73.2 cm³/mol. The minimum atomic E-state index is -0.926. The average Bonchev–Trinajstić information content (AvgIpc) is 2.41. The Morgan fingerprint density at radius 3 is 1.95 bits per heavy atom. The van der Waals surface area contributed by atoms with Crippen LogP contribution in [0, 0.1) is 0 Å². The number of hydroxylamine groups is 1. The Bertz CT molecular complexity index is 569. The highest BCUT2D eigenvalue weighted by molar-refractivity contribution is 6.30. The van der Waals surface area contributed by atoms with Gasteiger partial charge in [0.25, 0.3) is 0 Å². The second kappa shape index (κ2) is 5.93. The van der Waals surface area contributed by atoms with E-state index in [1.807, 2.05) is 0 Å². The SMILES string of the molecule is O=C(Oc1ccc(Cl)cc1)N(O)c1ccc(Cl)cc1. The van der Waals surface area contributed by atoms with Gasteiger partial charge >= 0.3 is 6.09 Å². The molecule has 0 spiro atoms. The van der Waals surface area contributed by atoms with E-state index in [9.17, 15) is 10.0 Å². The monoisotopic (exact) mass is 297 g/mol. The van der Waals surface area contributed by atoms with E-state index in [0.717, 1.165) is 0 Å². The molecule has 0 heterocycles. The summed E-state index contributed by atoms with van der Waals surface area (Å²) in [5.74, 6) is 0.280. The molecule has 0 saturated heterocycles. The van der Waals surface area contributed by atoms with Crippen molar-refractivity contribution in [2.45, 2.75) is 0 Å². The van der Waals surface area contributed by atoms with Crippen molar-refractivity contribution >= 4 is 35.0 Å². The number of rotatable bonds is 2. The number of carbonyl (C=O) groups excluding carboxylic acids is 1. The second-order valence-electron chi connectivity index (χ2n) is 3.61. The van der Waals surface area contributed by atoms with E-state index < -0.39 is 6.09 Å². The summed E-state index contributed by atoms with van der Waals surface area (Å²) < 4.78 is 4.96. The first-order chi connectivity index (χ1) is 9.06. The van der Waals surface area contributed by atoms with Crippen molar-refractivity contribution in [2.75, 3.05) is 5.06 Å². The zero-order valence-corrected chi connectivity index (χ0v) is 11.1. The zero-order chi connectivity index (χ0) is 13.8. The number of carbonyl (C=O) groups is 1. The summed E-state index contributed by atoms with van der Waals surface area (Å²) in [6.45, 7) is 0. The molecule has 2 aromatic rings. The van der Waals surface area contributed by atoms with Crippen LogP contribution in [0.5, 0.6) is 5.75 Å². The standard InChI is InChI=1S/C13H9Cl2NO3/c14-9-1-5-11(6-2-9)16(18)13(17)19-12-7-3-10(15)4-8-12/h1-8,18H. The van der Waals surface area contributed by atoms with E-state index in [0.29, 0.717) is 15.1 Å². The quantitative estimate of drug-likeness (QED) is 0.661.